The second-order valence-corrected chi connectivity index (χ2v) is 8.17. The van der Waals surface area contributed by atoms with Gasteiger partial charge in [-0.2, -0.15) is 0 Å². The number of amides is 1. The second-order valence-electron chi connectivity index (χ2n) is 8.17. The van der Waals surface area contributed by atoms with Crippen LogP contribution in [0, 0.1) is 0 Å². The Bertz CT molecular complexity index is 594. The second kappa shape index (κ2) is 9.45. The highest BCUT2D eigenvalue weighted by Gasteiger charge is 2.30. The third-order valence-electron chi connectivity index (χ3n) is 5.91. The fraction of sp³-hybridized carbons (Fsp3) is 0.682. The van der Waals surface area contributed by atoms with E-state index in [0.29, 0.717) is 24.6 Å². The lowest BCUT2D eigenvalue weighted by Gasteiger charge is -2.42. The van der Waals surface area contributed by atoms with Crippen molar-refractivity contribution in [3.05, 3.63) is 29.8 Å². The van der Waals surface area contributed by atoms with Gasteiger partial charge in [0.1, 0.15) is 0 Å². The first-order valence-corrected chi connectivity index (χ1v) is 10.6. The van der Waals surface area contributed by atoms with Gasteiger partial charge in [-0.1, -0.05) is 26.0 Å². The lowest BCUT2D eigenvalue weighted by atomic mass is 9.97. The van der Waals surface area contributed by atoms with Crippen LogP contribution in [-0.2, 0) is 4.74 Å². The fourth-order valence-corrected chi connectivity index (χ4v) is 4.28. The van der Waals surface area contributed by atoms with Crippen LogP contribution in [0.1, 0.15) is 57.9 Å². The van der Waals surface area contributed by atoms with Gasteiger partial charge in [-0.25, -0.2) is 4.79 Å². The van der Waals surface area contributed by atoms with E-state index in [1.165, 1.54) is 30.6 Å². The zero-order valence-corrected chi connectivity index (χ0v) is 17.1. The standard InChI is InChI=1S/C22H35N3O2/c1-4-27-22(26)24-14-11-21(12-15-24)25-13-5-6-20(16-25)23-19-9-7-18(8-10-19)17(2)3/h7-10,17,20-21,23H,4-6,11-16H2,1-3H3. The summed E-state index contributed by atoms with van der Waals surface area (Å²) < 4.78 is 5.13. The largest absolute Gasteiger partial charge is 0.450 e. The van der Waals surface area contributed by atoms with Crippen molar-refractivity contribution in [1.82, 2.24) is 9.80 Å². The molecule has 0 saturated carbocycles. The maximum absolute atomic E-state index is 11.9. The molecule has 0 spiro atoms. The first-order valence-electron chi connectivity index (χ1n) is 10.6. The molecule has 2 aliphatic rings. The Kier molecular flexibility index (Phi) is 7.00. The number of rotatable bonds is 5. The Morgan fingerprint density at radius 1 is 1.15 bits per heavy atom. The van der Waals surface area contributed by atoms with E-state index in [1.54, 1.807) is 0 Å². The van der Waals surface area contributed by atoms with Gasteiger partial charge in [-0.15, -0.1) is 0 Å². The molecule has 2 aliphatic heterocycles. The molecular formula is C22H35N3O2. The maximum atomic E-state index is 11.9. The van der Waals surface area contributed by atoms with Gasteiger partial charge in [-0.3, -0.25) is 4.90 Å². The minimum absolute atomic E-state index is 0.154. The van der Waals surface area contributed by atoms with Crippen molar-refractivity contribution in [3.8, 4) is 0 Å². The summed E-state index contributed by atoms with van der Waals surface area (Å²) in [5, 5.41) is 3.73. The highest BCUT2D eigenvalue weighted by molar-refractivity contribution is 5.67. The smallest absolute Gasteiger partial charge is 0.409 e. The average Bonchev–Trinajstić information content (AvgIpc) is 2.69. The Morgan fingerprint density at radius 3 is 2.48 bits per heavy atom. The van der Waals surface area contributed by atoms with E-state index in [-0.39, 0.29) is 6.09 Å². The molecule has 150 valence electrons. The first kappa shape index (κ1) is 20.0. The van der Waals surface area contributed by atoms with Crippen molar-refractivity contribution in [2.75, 3.05) is 38.1 Å². The highest BCUT2D eigenvalue weighted by Crippen LogP contribution is 2.24. The summed E-state index contributed by atoms with van der Waals surface area (Å²) in [5.74, 6) is 0.574. The third kappa shape index (κ3) is 5.38. The van der Waals surface area contributed by atoms with Crippen molar-refractivity contribution in [2.24, 2.45) is 0 Å². The normalized spacial score (nSPS) is 22.1. The number of anilines is 1. The van der Waals surface area contributed by atoms with Gasteiger partial charge < -0.3 is 15.0 Å². The average molecular weight is 374 g/mol. The SMILES string of the molecule is CCOC(=O)N1CCC(N2CCCC(Nc3ccc(C(C)C)cc3)C2)CC1. The topological polar surface area (TPSA) is 44.8 Å². The molecule has 27 heavy (non-hydrogen) atoms. The number of carbonyl (C=O) groups excluding carboxylic acids is 1. The number of nitrogens with one attached hydrogen (secondary N) is 1. The molecule has 1 N–H and O–H groups in total. The van der Waals surface area contributed by atoms with E-state index in [2.05, 4.69) is 48.3 Å². The fourth-order valence-electron chi connectivity index (χ4n) is 4.28. The van der Waals surface area contributed by atoms with Gasteiger partial charge in [-0.05, 0) is 62.8 Å². The van der Waals surface area contributed by atoms with Crippen molar-refractivity contribution in [2.45, 2.75) is 64.5 Å². The van der Waals surface area contributed by atoms with Crippen LogP contribution in [0.4, 0.5) is 10.5 Å². The molecule has 0 aromatic heterocycles. The Balaban J connectivity index is 1.49. The van der Waals surface area contributed by atoms with Crippen LogP contribution in [0.15, 0.2) is 24.3 Å². The minimum atomic E-state index is -0.154. The van der Waals surface area contributed by atoms with Crippen LogP contribution in [0.3, 0.4) is 0 Å². The summed E-state index contributed by atoms with van der Waals surface area (Å²) in [6, 6.07) is 9.99. The van der Waals surface area contributed by atoms with Crippen LogP contribution in [0.5, 0.6) is 0 Å². The predicted octanol–water partition coefficient (Wildman–Crippen LogP) is 4.31. The molecule has 3 rings (SSSR count). The quantitative estimate of drug-likeness (QED) is 0.835. The summed E-state index contributed by atoms with van der Waals surface area (Å²) in [6.45, 7) is 10.7. The van der Waals surface area contributed by atoms with Crippen LogP contribution >= 0.6 is 0 Å². The molecule has 1 amide bonds. The molecule has 1 aromatic carbocycles. The summed E-state index contributed by atoms with van der Waals surface area (Å²) in [6.07, 6.45) is 4.41. The number of ether oxygens (including phenoxy) is 1. The summed E-state index contributed by atoms with van der Waals surface area (Å²) >= 11 is 0. The summed E-state index contributed by atoms with van der Waals surface area (Å²) in [4.78, 5) is 16.4. The van der Waals surface area contributed by atoms with Gasteiger partial charge >= 0.3 is 6.09 Å². The van der Waals surface area contributed by atoms with Crippen LogP contribution in [0.2, 0.25) is 0 Å². The van der Waals surface area contributed by atoms with E-state index in [0.717, 1.165) is 32.5 Å². The molecule has 0 aliphatic carbocycles. The Hall–Kier alpha value is -1.75. The Labute approximate surface area is 164 Å². The number of carbonyl (C=O) groups is 1. The summed E-state index contributed by atoms with van der Waals surface area (Å²) in [5.41, 5.74) is 2.61. The van der Waals surface area contributed by atoms with E-state index in [9.17, 15) is 4.79 Å². The lowest BCUT2D eigenvalue weighted by Crippen LogP contribution is -2.51. The number of benzene rings is 1. The molecule has 1 aromatic rings. The molecule has 2 heterocycles. The van der Waals surface area contributed by atoms with Gasteiger partial charge in [0.2, 0.25) is 0 Å². The van der Waals surface area contributed by atoms with E-state index < -0.39 is 0 Å². The first-order chi connectivity index (χ1) is 13.1. The number of likely N-dealkylation sites (tertiary alicyclic amines) is 2. The van der Waals surface area contributed by atoms with E-state index in [4.69, 9.17) is 4.74 Å². The number of nitrogens with zero attached hydrogens (tertiary/aromatic N) is 2. The molecule has 5 heteroatoms. The lowest BCUT2D eigenvalue weighted by molar-refractivity contribution is 0.0667. The molecule has 1 atom stereocenters. The molecule has 2 fully saturated rings. The highest BCUT2D eigenvalue weighted by atomic mass is 16.6. The number of piperidine rings is 2. The monoisotopic (exact) mass is 373 g/mol. The van der Waals surface area contributed by atoms with Crippen molar-refractivity contribution in [3.63, 3.8) is 0 Å². The van der Waals surface area contributed by atoms with Crippen LogP contribution in [0.25, 0.3) is 0 Å². The molecule has 1 unspecified atom stereocenters. The number of hydrogen-bond donors (Lipinski definition) is 1. The van der Waals surface area contributed by atoms with E-state index >= 15 is 0 Å². The van der Waals surface area contributed by atoms with Crippen molar-refractivity contribution < 1.29 is 9.53 Å². The summed E-state index contributed by atoms with van der Waals surface area (Å²) in [7, 11) is 0. The zero-order valence-electron chi connectivity index (χ0n) is 17.1. The minimum Gasteiger partial charge on any atom is -0.450 e. The van der Waals surface area contributed by atoms with E-state index in [1.807, 2.05) is 11.8 Å². The molecular weight excluding hydrogens is 338 g/mol. The molecule has 0 bridgehead atoms. The van der Waals surface area contributed by atoms with Gasteiger partial charge in [0, 0.05) is 37.4 Å². The molecule has 2 saturated heterocycles. The molecule has 0 radical (unpaired) electrons. The van der Waals surface area contributed by atoms with Crippen LogP contribution < -0.4 is 5.32 Å². The number of hydrogen-bond acceptors (Lipinski definition) is 4. The Morgan fingerprint density at radius 2 is 1.85 bits per heavy atom. The van der Waals surface area contributed by atoms with Gasteiger partial charge in [0.25, 0.3) is 0 Å². The van der Waals surface area contributed by atoms with Crippen molar-refractivity contribution >= 4 is 11.8 Å². The van der Waals surface area contributed by atoms with Crippen LogP contribution in [-0.4, -0.2) is 60.8 Å². The van der Waals surface area contributed by atoms with Crippen molar-refractivity contribution in [1.29, 1.82) is 0 Å². The van der Waals surface area contributed by atoms with Gasteiger partial charge in [0.15, 0.2) is 0 Å². The molecule has 5 nitrogen and oxygen atoms in total. The van der Waals surface area contributed by atoms with Gasteiger partial charge in [0.05, 0.1) is 6.61 Å². The zero-order chi connectivity index (χ0) is 19.2. The maximum Gasteiger partial charge on any atom is 0.409 e. The third-order valence-corrected chi connectivity index (χ3v) is 5.91. The predicted molar refractivity (Wildman–Crippen MR) is 110 cm³/mol.